The first-order valence-corrected chi connectivity index (χ1v) is 8.51. The molecule has 0 aliphatic rings. The van der Waals surface area contributed by atoms with Crippen molar-refractivity contribution in [2.75, 3.05) is 7.11 Å². The lowest BCUT2D eigenvalue weighted by atomic mass is 10.2. The highest BCUT2D eigenvalue weighted by Gasteiger charge is 2.27. The molecule has 0 saturated heterocycles. The second-order valence-electron chi connectivity index (χ2n) is 5.55. The van der Waals surface area contributed by atoms with Gasteiger partial charge in [-0.15, -0.1) is 0 Å². The molecule has 118 valence electrons. The maximum absolute atomic E-state index is 12.1. The SMILES string of the molecule is COc1cc(-c2nsc(/C(C)=N/[S+]([O-])C(C)(C)C)n2)ccn1. The van der Waals surface area contributed by atoms with Crippen LogP contribution < -0.4 is 4.74 Å². The van der Waals surface area contributed by atoms with Crippen molar-refractivity contribution in [1.29, 1.82) is 0 Å². The Bertz CT molecular complexity index is 679. The van der Waals surface area contributed by atoms with Crippen LogP contribution in [0.1, 0.15) is 32.7 Å². The number of hydrogen-bond donors (Lipinski definition) is 0. The molecule has 8 heteroatoms. The van der Waals surface area contributed by atoms with E-state index in [1.165, 1.54) is 11.5 Å². The van der Waals surface area contributed by atoms with Gasteiger partial charge in [0.25, 0.3) is 0 Å². The van der Waals surface area contributed by atoms with Gasteiger partial charge in [-0.25, -0.2) is 9.97 Å². The van der Waals surface area contributed by atoms with Crippen LogP contribution >= 0.6 is 11.5 Å². The van der Waals surface area contributed by atoms with Crippen molar-refractivity contribution in [1.82, 2.24) is 14.3 Å². The van der Waals surface area contributed by atoms with Crippen LogP contribution in [0.2, 0.25) is 0 Å². The van der Waals surface area contributed by atoms with Crippen LogP contribution in [0.3, 0.4) is 0 Å². The molecule has 0 aromatic carbocycles. The number of pyridine rings is 1. The summed E-state index contributed by atoms with van der Waals surface area (Å²) in [6, 6.07) is 3.58. The van der Waals surface area contributed by atoms with E-state index >= 15 is 0 Å². The molecule has 1 unspecified atom stereocenters. The van der Waals surface area contributed by atoms with E-state index in [1.807, 2.05) is 26.8 Å². The largest absolute Gasteiger partial charge is 0.591 e. The quantitative estimate of drug-likeness (QED) is 0.632. The van der Waals surface area contributed by atoms with E-state index in [2.05, 4.69) is 18.7 Å². The highest BCUT2D eigenvalue weighted by Crippen LogP contribution is 2.23. The van der Waals surface area contributed by atoms with Crippen molar-refractivity contribution in [2.24, 2.45) is 4.40 Å². The Kier molecular flexibility index (Phi) is 5.15. The van der Waals surface area contributed by atoms with Gasteiger partial charge < -0.3 is 9.29 Å². The minimum atomic E-state index is -1.31. The molecule has 2 heterocycles. The second kappa shape index (κ2) is 6.72. The summed E-state index contributed by atoms with van der Waals surface area (Å²) in [7, 11) is 1.56. The molecule has 0 bridgehead atoms. The molecule has 6 nitrogen and oxygen atoms in total. The molecular formula is C14H18N4O2S2. The van der Waals surface area contributed by atoms with Crippen LogP contribution in [0.4, 0.5) is 0 Å². The Morgan fingerprint density at radius 2 is 2.14 bits per heavy atom. The predicted molar refractivity (Wildman–Crippen MR) is 89.8 cm³/mol. The first-order chi connectivity index (χ1) is 10.3. The molecule has 0 saturated carbocycles. The Morgan fingerprint density at radius 1 is 1.41 bits per heavy atom. The summed E-state index contributed by atoms with van der Waals surface area (Å²) in [5.74, 6) is 1.09. The van der Waals surface area contributed by atoms with Crippen LogP contribution in [0.15, 0.2) is 22.7 Å². The van der Waals surface area contributed by atoms with Gasteiger partial charge in [-0.05, 0) is 45.3 Å². The van der Waals surface area contributed by atoms with Crippen molar-refractivity contribution < 1.29 is 9.29 Å². The Hall–Kier alpha value is -1.51. The van der Waals surface area contributed by atoms with Gasteiger partial charge >= 0.3 is 0 Å². The second-order valence-corrected chi connectivity index (χ2v) is 8.21. The zero-order valence-electron chi connectivity index (χ0n) is 13.2. The van der Waals surface area contributed by atoms with Gasteiger partial charge in [0.2, 0.25) is 5.88 Å². The number of methoxy groups -OCH3 is 1. The Labute approximate surface area is 137 Å². The summed E-state index contributed by atoms with van der Waals surface area (Å²) in [6.07, 6.45) is 1.64. The molecule has 0 fully saturated rings. The lowest BCUT2D eigenvalue weighted by Gasteiger charge is -2.18. The van der Waals surface area contributed by atoms with Crippen molar-refractivity contribution in [2.45, 2.75) is 32.4 Å². The summed E-state index contributed by atoms with van der Waals surface area (Å²) in [5, 5.41) is 0.656. The summed E-state index contributed by atoms with van der Waals surface area (Å²) in [4.78, 5) is 8.50. The number of nitrogens with zero attached hydrogens (tertiary/aromatic N) is 4. The standard InChI is InChI=1S/C14H18N4O2S2/c1-9(18-22(19)14(2,3)4)13-16-12(17-21-13)10-6-7-15-11(8-10)20-5/h6-8H,1-5H3/b18-9+. The molecular weight excluding hydrogens is 320 g/mol. The van der Waals surface area contributed by atoms with E-state index in [1.54, 1.807) is 26.3 Å². The van der Waals surface area contributed by atoms with Crippen molar-refractivity contribution >= 4 is 28.6 Å². The minimum absolute atomic E-state index is 0.396. The van der Waals surface area contributed by atoms with Gasteiger partial charge in [-0.1, -0.05) is 4.40 Å². The number of ether oxygens (including phenoxy) is 1. The third kappa shape index (κ3) is 4.02. The molecule has 2 rings (SSSR count). The number of hydrogen-bond acceptors (Lipinski definition) is 7. The lowest BCUT2D eigenvalue weighted by Crippen LogP contribution is -2.26. The van der Waals surface area contributed by atoms with Gasteiger partial charge in [0.1, 0.15) is 21.8 Å². The van der Waals surface area contributed by atoms with Gasteiger partial charge in [0.05, 0.1) is 7.11 Å². The first kappa shape index (κ1) is 16.9. The molecule has 0 amide bonds. The Morgan fingerprint density at radius 3 is 2.77 bits per heavy atom. The van der Waals surface area contributed by atoms with Crippen molar-refractivity contribution in [3.8, 4) is 17.3 Å². The van der Waals surface area contributed by atoms with Crippen LogP contribution in [0.25, 0.3) is 11.4 Å². The summed E-state index contributed by atoms with van der Waals surface area (Å²) in [6.45, 7) is 7.44. The lowest BCUT2D eigenvalue weighted by molar-refractivity contribution is 0.398. The molecule has 0 aliphatic heterocycles. The van der Waals surface area contributed by atoms with E-state index < -0.39 is 16.1 Å². The first-order valence-electron chi connectivity index (χ1n) is 6.63. The number of rotatable bonds is 4. The van der Waals surface area contributed by atoms with E-state index in [0.29, 0.717) is 22.4 Å². The monoisotopic (exact) mass is 338 g/mol. The van der Waals surface area contributed by atoms with E-state index in [0.717, 1.165) is 5.56 Å². The zero-order chi connectivity index (χ0) is 16.3. The topological polar surface area (TPSA) is 83.3 Å². The van der Waals surface area contributed by atoms with Crippen LogP contribution in [-0.2, 0) is 11.4 Å². The van der Waals surface area contributed by atoms with Crippen LogP contribution in [0.5, 0.6) is 5.88 Å². The zero-order valence-corrected chi connectivity index (χ0v) is 14.8. The molecule has 0 radical (unpaired) electrons. The van der Waals surface area contributed by atoms with E-state index in [4.69, 9.17) is 4.74 Å². The minimum Gasteiger partial charge on any atom is -0.591 e. The number of aromatic nitrogens is 3. The van der Waals surface area contributed by atoms with E-state index in [9.17, 15) is 4.55 Å². The van der Waals surface area contributed by atoms with Gasteiger partial charge in [0.15, 0.2) is 10.8 Å². The van der Waals surface area contributed by atoms with Gasteiger partial charge in [-0.2, -0.15) is 4.37 Å². The summed E-state index contributed by atoms with van der Waals surface area (Å²) < 4.78 is 25.3. The summed E-state index contributed by atoms with van der Waals surface area (Å²) in [5.41, 5.74) is 1.44. The Balaban J connectivity index is 2.26. The fraction of sp³-hybridized carbons (Fsp3) is 0.429. The maximum atomic E-state index is 12.1. The fourth-order valence-electron chi connectivity index (χ4n) is 1.45. The third-order valence-electron chi connectivity index (χ3n) is 2.68. The molecule has 0 N–H and O–H groups in total. The molecule has 0 aliphatic carbocycles. The van der Waals surface area contributed by atoms with Gasteiger partial charge in [-0.3, -0.25) is 0 Å². The predicted octanol–water partition coefficient (Wildman–Crippen LogP) is 2.88. The fourth-order valence-corrected chi connectivity index (χ4v) is 2.74. The molecule has 0 spiro atoms. The van der Waals surface area contributed by atoms with Crippen molar-refractivity contribution in [3.05, 3.63) is 23.3 Å². The van der Waals surface area contributed by atoms with Gasteiger partial charge in [0, 0.05) is 17.8 Å². The normalized spacial score (nSPS) is 14.0. The summed E-state index contributed by atoms with van der Waals surface area (Å²) >= 11 is -0.0804. The molecule has 22 heavy (non-hydrogen) atoms. The third-order valence-corrected chi connectivity index (χ3v) is 4.99. The highest BCUT2D eigenvalue weighted by molar-refractivity contribution is 7.91. The highest BCUT2D eigenvalue weighted by atomic mass is 32.2. The average molecular weight is 338 g/mol. The maximum Gasteiger partial charge on any atom is 0.213 e. The molecule has 2 aromatic rings. The molecule has 2 aromatic heterocycles. The van der Waals surface area contributed by atoms with Crippen LogP contribution in [0, 0.1) is 0 Å². The average Bonchev–Trinajstić information content (AvgIpc) is 2.96. The molecule has 1 atom stereocenters. The smallest absolute Gasteiger partial charge is 0.213 e. The van der Waals surface area contributed by atoms with Crippen LogP contribution in [-0.4, -0.2) is 36.5 Å². The van der Waals surface area contributed by atoms with E-state index in [-0.39, 0.29) is 0 Å². The van der Waals surface area contributed by atoms with Crippen molar-refractivity contribution in [3.63, 3.8) is 0 Å².